The van der Waals surface area contributed by atoms with Crippen LogP contribution in [-0.4, -0.2) is 32.9 Å². The molecule has 1 unspecified atom stereocenters. The Morgan fingerprint density at radius 3 is 2.75 bits per heavy atom. The van der Waals surface area contributed by atoms with E-state index in [1.54, 1.807) is 12.3 Å². The number of ether oxygens (including phenoxy) is 1. The van der Waals surface area contributed by atoms with Crippen LogP contribution >= 0.6 is 11.6 Å². The summed E-state index contributed by atoms with van der Waals surface area (Å²) in [6.45, 7) is 1.12. The van der Waals surface area contributed by atoms with Gasteiger partial charge in [0.05, 0.1) is 12.0 Å². The Morgan fingerprint density at radius 2 is 2.10 bits per heavy atom. The van der Waals surface area contributed by atoms with E-state index < -0.39 is 12.2 Å². The second-order valence-electron chi connectivity index (χ2n) is 5.28. The first-order valence-electron chi connectivity index (χ1n) is 6.46. The van der Waals surface area contributed by atoms with Crippen LogP contribution in [0.15, 0.2) is 18.5 Å². The predicted molar refractivity (Wildman–Crippen MR) is 74.9 cm³/mol. The van der Waals surface area contributed by atoms with Gasteiger partial charge in [0.25, 0.3) is 0 Å². The van der Waals surface area contributed by atoms with Crippen LogP contribution in [0.2, 0.25) is 5.15 Å². The van der Waals surface area contributed by atoms with Crippen molar-refractivity contribution in [3.63, 3.8) is 0 Å². The minimum atomic E-state index is -1.39. The molecular weight excluding hydrogens is 280 g/mol. The molecule has 6 heteroatoms. The first-order chi connectivity index (χ1) is 9.51. The van der Waals surface area contributed by atoms with Crippen molar-refractivity contribution in [2.75, 3.05) is 6.61 Å². The van der Waals surface area contributed by atoms with Gasteiger partial charge in [-0.2, -0.15) is 0 Å². The van der Waals surface area contributed by atoms with Crippen molar-refractivity contribution in [1.29, 1.82) is 0 Å². The van der Waals surface area contributed by atoms with Crippen LogP contribution in [0.3, 0.4) is 0 Å². The Balaban J connectivity index is 2.19. The summed E-state index contributed by atoms with van der Waals surface area (Å²) in [5.74, 6) is 0.490. The largest absolute Gasteiger partial charge is 0.474 e. The molecule has 0 bridgehead atoms. The summed E-state index contributed by atoms with van der Waals surface area (Å²) >= 11 is 5.94. The van der Waals surface area contributed by atoms with Gasteiger partial charge in [-0.25, -0.2) is 9.97 Å². The molecule has 1 atom stereocenters. The molecule has 3 rings (SSSR count). The van der Waals surface area contributed by atoms with E-state index in [2.05, 4.69) is 9.97 Å². The average molecular weight is 295 g/mol. The van der Waals surface area contributed by atoms with Crippen LogP contribution in [0, 0.1) is 0 Å². The van der Waals surface area contributed by atoms with E-state index in [-0.39, 0.29) is 6.10 Å². The molecule has 0 aromatic carbocycles. The van der Waals surface area contributed by atoms with Crippen LogP contribution in [0.5, 0.6) is 5.88 Å². The van der Waals surface area contributed by atoms with Crippen molar-refractivity contribution in [2.24, 2.45) is 0 Å². The lowest BCUT2D eigenvalue weighted by atomic mass is 9.94. The van der Waals surface area contributed by atoms with E-state index in [0.29, 0.717) is 27.4 Å². The van der Waals surface area contributed by atoms with Gasteiger partial charge >= 0.3 is 0 Å². The van der Waals surface area contributed by atoms with Crippen LogP contribution < -0.4 is 4.74 Å². The monoisotopic (exact) mass is 294 g/mol. The smallest absolute Gasteiger partial charge is 0.223 e. The lowest BCUT2D eigenvalue weighted by Crippen LogP contribution is -2.26. The normalized spacial score (nSPS) is 18.0. The quantitative estimate of drug-likeness (QED) is 0.844. The average Bonchev–Trinajstić information content (AvgIpc) is 3.22. The molecule has 0 spiro atoms. The van der Waals surface area contributed by atoms with Crippen molar-refractivity contribution in [3.05, 3.63) is 29.2 Å². The molecule has 20 heavy (non-hydrogen) atoms. The fraction of sp³-hybridized carbons (Fsp3) is 0.429. The van der Waals surface area contributed by atoms with Crippen molar-refractivity contribution in [1.82, 2.24) is 9.97 Å². The molecule has 1 aliphatic carbocycles. The van der Waals surface area contributed by atoms with Gasteiger partial charge in [-0.1, -0.05) is 11.6 Å². The van der Waals surface area contributed by atoms with E-state index in [1.807, 2.05) is 0 Å². The van der Waals surface area contributed by atoms with E-state index in [1.165, 1.54) is 13.1 Å². The number of pyridine rings is 2. The minimum Gasteiger partial charge on any atom is -0.474 e. The fourth-order valence-electron chi connectivity index (χ4n) is 2.04. The summed E-state index contributed by atoms with van der Waals surface area (Å²) in [6.07, 6.45) is 5.37. The number of hydrogen-bond donors (Lipinski definition) is 2. The van der Waals surface area contributed by atoms with Crippen molar-refractivity contribution in [2.45, 2.75) is 31.5 Å². The van der Waals surface area contributed by atoms with Crippen molar-refractivity contribution < 1.29 is 14.9 Å². The molecule has 106 valence electrons. The molecule has 2 aromatic heterocycles. The number of aliphatic hydroxyl groups is 2. The molecule has 2 heterocycles. The number of aliphatic hydroxyl groups excluding tert-OH is 1. The van der Waals surface area contributed by atoms with Crippen LogP contribution in [0.25, 0.3) is 10.8 Å². The second kappa shape index (κ2) is 4.84. The molecule has 5 nitrogen and oxygen atoms in total. The molecule has 1 saturated carbocycles. The zero-order valence-electron chi connectivity index (χ0n) is 11.0. The van der Waals surface area contributed by atoms with Gasteiger partial charge in [0.15, 0.2) is 0 Å². The highest BCUT2D eigenvalue weighted by atomic mass is 35.5. The van der Waals surface area contributed by atoms with Crippen LogP contribution in [0.4, 0.5) is 0 Å². The maximum atomic E-state index is 10.3. The van der Waals surface area contributed by atoms with E-state index >= 15 is 0 Å². The number of halogens is 1. The highest BCUT2D eigenvalue weighted by Gasteiger charge is 2.29. The van der Waals surface area contributed by atoms with Crippen molar-refractivity contribution >= 4 is 22.4 Å². The molecule has 2 N–H and O–H groups in total. The number of aromatic nitrogens is 2. The zero-order valence-corrected chi connectivity index (χ0v) is 11.8. The molecule has 0 amide bonds. The Labute approximate surface area is 121 Å². The van der Waals surface area contributed by atoms with Gasteiger partial charge in [-0.05, 0) is 31.2 Å². The van der Waals surface area contributed by atoms with E-state index in [4.69, 9.17) is 16.3 Å². The molecule has 0 radical (unpaired) electrons. The van der Waals surface area contributed by atoms with Crippen molar-refractivity contribution in [3.8, 4) is 5.88 Å². The third-order valence-electron chi connectivity index (χ3n) is 3.39. The Morgan fingerprint density at radius 1 is 1.35 bits per heavy atom. The lowest BCUT2D eigenvalue weighted by Gasteiger charge is -2.23. The van der Waals surface area contributed by atoms with Gasteiger partial charge < -0.3 is 14.9 Å². The molecule has 2 aromatic rings. The molecule has 1 aliphatic rings. The van der Waals surface area contributed by atoms with Gasteiger partial charge in [0.1, 0.15) is 16.9 Å². The van der Waals surface area contributed by atoms with Gasteiger partial charge in [-0.3, -0.25) is 0 Å². The fourth-order valence-corrected chi connectivity index (χ4v) is 2.20. The lowest BCUT2D eigenvalue weighted by molar-refractivity contribution is -0.00134. The molecular formula is C14H15ClN2O3. The van der Waals surface area contributed by atoms with Gasteiger partial charge in [0, 0.05) is 18.0 Å². The maximum absolute atomic E-state index is 10.3. The van der Waals surface area contributed by atoms with E-state index in [0.717, 1.165) is 12.8 Å². The number of hydrogen-bond acceptors (Lipinski definition) is 5. The summed E-state index contributed by atoms with van der Waals surface area (Å²) in [7, 11) is 0. The second-order valence-corrected chi connectivity index (χ2v) is 5.67. The number of fused-ring (bicyclic) bond motifs is 1. The van der Waals surface area contributed by atoms with Gasteiger partial charge in [-0.15, -0.1) is 0 Å². The first kappa shape index (κ1) is 13.5. The summed E-state index contributed by atoms with van der Waals surface area (Å²) in [5, 5.41) is 21.3. The molecule has 0 aliphatic heterocycles. The van der Waals surface area contributed by atoms with Crippen LogP contribution in [0.1, 0.15) is 25.3 Å². The summed E-state index contributed by atoms with van der Waals surface area (Å²) in [5.41, 5.74) is -0.893. The maximum Gasteiger partial charge on any atom is 0.223 e. The molecule has 1 fully saturated rings. The minimum absolute atomic E-state index is 0.214. The van der Waals surface area contributed by atoms with Crippen LogP contribution in [-0.2, 0) is 5.60 Å². The zero-order chi connectivity index (χ0) is 14.3. The molecule has 0 saturated heterocycles. The Kier molecular flexibility index (Phi) is 3.28. The summed E-state index contributed by atoms with van der Waals surface area (Å²) < 4.78 is 5.74. The highest BCUT2D eigenvalue weighted by molar-refractivity contribution is 6.30. The third-order valence-corrected chi connectivity index (χ3v) is 3.60. The summed E-state index contributed by atoms with van der Waals surface area (Å²) in [6, 6.07) is 1.65. The topological polar surface area (TPSA) is 75.5 Å². The third kappa shape index (κ3) is 2.44. The Bertz CT molecular complexity index is 656. The van der Waals surface area contributed by atoms with Gasteiger partial charge in [0.2, 0.25) is 5.88 Å². The standard InChI is InChI=1S/C14H15ClN2O3/c1-14(19,7-18)11-6-17-13(20-8-2-3-8)10-5-16-12(15)4-9(10)11/h4-6,8,18-19H,2-3,7H2,1H3. The number of rotatable bonds is 4. The Hall–Kier alpha value is -1.43. The first-order valence-corrected chi connectivity index (χ1v) is 6.83. The SMILES string of the molecule is CC(O)(CO)c1cnc(OC2CC2)c2cnc(Cl)cc12. The number of nitrogens with zero attached hydrogens (tertiary/aromatic N) is 2. The predicted octanol–water partition coefficient (Wildman–Crippen LogP) is 2.02. The summed E-state index contributed by atoms with van der Waals surface area (Å²) in [4.78, 5) is 8.30. The van der Waals surface area contributed by atoms with E-state index in [9.17, 15) is 10.2 Å². The highest BCUT2D eigenvalue weighted by Crippen LogP contribution is 2.35.